The maximum absolute atomic E-state index is 11.6. The summed E-state index contributed by atoms with van der Waals surface area (Å²) in [6.07, 6.45) is 1.72. The summed E-state index contributed by atoms with van der Waals surface area (Å²) in [4.78, 5) is 47.7. The molecule has 0 aliphatic rings. The summed E-state index contributed by atoms with van der Waals surface area (Å²) in [6.45, 7) is 0.0279. The van der Waals surface area contributed by atoms with Crippen molar-refractivity contribution >= 4 is 30.3 Å². The second-order valence-corrected chi connectivity index (χ2v) is 4.49. The molecule has 0 aromatic carbocycles. The van der Waals surface area contributed by atoms with Crippen molar-refractivity contribution in [3.8, 4) is 0 Å². The third-order valence-electron chi connectivity index (χ3n) is 2.59. The van der Waals surface area contributed by atoms with Crippen LogP contribution in [-0.4, -0.2) is 55.5 Å². The van der Waals surface area contributed by atoms with E-state index in [9.17, 15) is 19.2 Å². The van der Waals surface area contributed by atoms with Crippen molar-refractivity contribution < 1.29 is 19.2 Å². The highest BCUT2D eigenvalue weighted by Crippen LogP contribution is 1.95. The molecule has 0 saturated carbocycles. The molecule has 124 valence electrons. The van der Waals surface area contributed by atoms with Crippen LogP contribution in [0.1, 0.15) is 19.3 Å². The van der Waals surface area contributed by atoms with Crippen LogP contribution in [0.4, 0.5) is 0 Å². The zero-order valence-corrected chi connectivity index (χ0v) is 12.2. The summed E-state index contributed by atoms with van der Waals surface area (Å²) in [5, 5.41) is 4.63. The monoisotopic (exact) mass is 314 g/mol. The van der Waals surface area contributed by atoms with Crippen molar-refractivity contribution in [3.05, 3.63) is 0 Å². The first kappa shape index (κ1) is 19.5. The number of hydrogen-bond acceptors (Lipinski definition) is 6. The minimum atomic E-state index is -0.893. The van der Waals surface area contributed by atoms with Gasteiger partial charge in [0, 0.05) is 13.0 Å². The van der Waals surface area contributed by atoms with E-state index in [0.717, 1.165) is 0 Å². The molecule has 22 heavy (non-hydrogen) atoms. The highest BCUT2D eigenvalue weighted by Gasteiger charge is 2.15. The van der Waals surface area contributed by atoms with Crippen LogP contribution in [0.15, 0.2) is 4.99 Å². The van der Waals surface area contributed by atoms with Gasteiger partial charge in [-0.1, -0.05) is 0 Å². The zero-order chi connectivity index (χ0) is 17.0. The van der Waals surface area contributed by atoms with Crippen LogP contribution in [-0.2, 0) is 19.2 Å². The van der Waals surface area contributed by atoms with Crippen molar-refractivity contribution in [2.45, 2.75) is 31.3 Å². The lowest BCUT2D eigenvalue weighted by atomic mass is 10.1. The molecule has 0 saturated heterocycles. The molecule has 0 bridgehead atoms. The molecule has 0 heterocycles. The van der Waals surface area contributed by atoms with Crippen LogP contribution in [0, 0.1) is 0 Å². The van der Waals surface area contributed by atoms with Gasteiger partial charge in [-0.3, -0.25) is 14.6 Å². The zero-order valence-electron chi connectivity index (χ0n) is 12.2. The number of carbonyl (C=O) groups is 4. The molecule has 2 atom stereocenters. The number of aldehydes is 2. The Hall–Kier alpha value is -2.49. The largest absolute Gasteiger partial charge is 0.370 e. The normalized spacial score (nSPS) is 12.6. The van der Waals surface area contributed by atoms with Gasteiger partial charge in [-0.2, -0.15) is 0 Å². The van der Waals surface area contributed by atoms with E-state index in [2.05, 4.69) is 15.6 Å². The third kappa shape index (κ3) is 9.42. The molecule has 0 unspecified atom stereocenters. The molecule has 0 aromatic heterocycles. The molecule has 0 rings (SSSR count). The Labute approximate surface area is 127 Å². The van der Waals surface area contributed by atoms with Gasteiger partial charge in [0.05, 0.1) is 18.6 Å². The van der Waals surface area contributed by atoms with Crippen LogP contribution in [0.3, 0.4) is 0 Å². The minimum Gasteiger partial charge on any atom is -0.370 e. The molecule has 10 heteroatoms. The van der Waals surface area contributed by atoms with Gasteiger partial charge in [0.15, 0.2) is 5.96 Å². The first-order valence-electron chi connectivity index (χ1n) is 6.67. The van der Waals surface area contributed by atoms with Crippen molar-refractivity contribution in [3.63, 3.8) is 0 Å². The smallest absolute Gasteiger partial charge is 0.239 e. The fraction of sp³-hybridized carbons (Fsp3) is 0.583. The number of aliphatic imine (C=N–C) groups is 1. The van der Waals surface area contributed by atoms with E-state index in [0.29, 0.717) is 32.0 Å². The number of carbonyl (C=O) groups excluding carboxylic acids is 4. The second-order valence-electron chi connectivity index (χ2n) is 4.49. The van der Waals surface area contributed by atoms with E-state index in [-0.39, 0.29) is 18.9 Å². The lowest BCUT2D eigenvalue weighted by molar-refractivity contribution is -0.128. The maximum Gasteiger partial charge on any atom is 0.239 e. The quantitative estimate of drug-likeness (QED) is 0.115. The molecule has 0 radical (unpaired) electrons. The number of guanidine groups is 1. The number of nitrogens with one attached hydrogen (secondary N) is 2. The average Bonchev–Trinajstić information content (AvgIpc) is 2.48. The van der Waals surface area contributed by atoms with E-state index in [1.165, 1.54) is 0 Å². The molecule has 2 amide bonds. The number of rotatable bonds is 11. The summed E-state index contributed by atoms with van der Waals surface area (Å²) in [6, 6.07) is -1.69. The van der Waals surface area contributed by atoms with Gasteiger partial charge in [0.1, 0.15) is 12.6 Å². The van der Waals surface area contributed by atoms with Crippen LogP contribution < -0.4 is 27.8 Å². The average molecular weight is 314 g/mol. The number of hydrogen-bond donors (Lipinski definition) is 5. The summed E-state index contributed by atoms with van der Waals surface area (Å²) >= 11 is 0. The van der Waals surface area contributed by atoms with Crippen molar-refractivity contribution in [2.24, 2.45) is 22.2 Å². The third-order valence-corrected chi connectivity index (χ3v) is 2.59. The van der Waals surface area contributed by atoms with Gasteiger partial charge >= 0.3 is 0 Å². The highest BCUT2D eigenvalue weighted by atomic mass is 16.2. The molecule has 0 fully saturated rings. The predicted molar refractivity (Wildman–Crippen MR) is 79.6 cm³/mol. The van der Waals surface area contributed by atoms with Crippen molar-refractivity contribution in [2.75, 3.05) is 13.1 Å². The summed E-state index contributed by atoms with van der Waals surface area (Å²) in [5.74, 6) is -1.12. The summed E-state index contributed by atoms with van der Waals surface area (Å²) < 4.78 is 0. The van der Waals surface area contributed by atoms with E-state index in [1.54, 1.807) is 0 Å². The van der Waals surface area contributed by atoms with Gasteiger partial charge in [0.2, 0.25) is 11.8 Å². The Kier molecular flexibility index (Phi) is 9.93. The van der Waals surface area contributed by atoms with Crippen molar-refractivity contribution in [1.82, 2.24) is 10.6 Å². The molecule has 0 aliphatic carbocycles. The second kappa shape index (κ2) is 11.2. The fourth-order valence-corrected chi connectivity index (χ4v) is 1.46. The van der Waals surface area contributed by atoms with Crippen LogP contribution in [0.25, 0.3) is 0 Å². The van der Waals surface area contributed by atoms with E-state index in [4.69, 9.17) is 17.2 Å². The van der Waals surface area contributed by atoms with Crippen LogP contribution >= 0.6 is 0 Å². The lowest BCUT2D eigenvalue weighted by Crippen LogP contribution is -2.47. The summed E-state index contributed by atoms with van der Waals surface area (Å²) in [5.41, 5.74) is 15.9. The molecule has 8 N–H and O–H groups in total. The molecular formula is C12H22N6O4. The number of nitrogens with zero attached hydrogens (tertiary/aromatic N) is 1. The number of amides is 2. The standard InChI is InChI=1S/C12H22N6O4/c13-9(2-1-4-16-12(14)15)11(22)17-6-10(21)18-8(7-20)3-5-19/h5,7-9H,1-4,6,13H2,(H,17,22)(H,18,21)(H4,14,15,16)/t8-,9-/m0/s1. The Morgan fingerprint density at radius 3 is 2.45 bits per heavy atom. The number of nitrogens with two attached hydrogens (primary N) is 3. The molecule has 0 spiro atoms. The van der Waals surface area contributed by atoms with Gasteiger partial charge in [0.25, 0.3) is 0 Å². The molecular weight excluding hydrogens is 292 g/mol. The predicted octanol–water partition coefficient (Wildman–Crippen LogP) is -3.24. The highest BCUT2D eigenvalue weighted by molar-refractivity contribution is 5.88. The SMILES string of the molecule is NC(N)=NCCC[C@H](N)C(=O)NCC(=O)N[C@H](C=O)CC=O. The topological polar surface area (TPSA) is 183 Å². The van der Waals surface area contributed by atoms with E-state index in [1.807, 2.05) is 0 Å². The first-order chi connectivity index (χ1) is 10.4. The lowest BCUT2D eigenvalue weighted by Gasteiger charge is -2.13. The molecule has 0 aliphatic heterocycles. The Morgan fingerprint density at radius 1 is 1.23 bits per heavy atom. The minimum absolute atomic E-state index is 0.0326. The maximum atomic E-state index is 11.6. The first-order valence-corrected chi connectivity index (χ1v) is 6.67. The Bertz CT molecular complexity index is 422. The molecule has 0 aromatic rings. The molecule has 10 nitrogen and oxygen atoms in total. The Balaban J connectivity index is 4.00. The van der Waals surface area contributed by atoms with Crippen molar-refractivity contribution in [1.29, 1.82) is 0 Å². The van der Waals surface area contributed by atoms with Gasteiger partial charge in [-0.05, 0) is 12.8 Å². The van der Waals surface area contributed by atoms with Gasteiger partial charge in [-0.15, -0.1) is 0 Å². The van der Waals surface area contributed by atoms with Crippen LogP contribution in [0.5, 0.6) is 0 Å². The van der Waals surface area contributed by atoms with E-state index >= 15 is 0 Å². The van der Waals surface area contributed by atoms with Gasteiger partial charge in [-0.25, -0.2) is 0 Å². The van der Waals surface area contributed by atoms with E-state index < -0.39 is 23.9 Å². The Morgan fingerprint density at radius 2 is 1.91 bits per heavy atom. The van der Waals surface area contributed by atoms with Crippen LogP contribution in [0.2, 0.25) is 0 Å². The fourth-order valence-electron chi connectivity index (χ4n) is 1.46. The summed E-state index contributed by atoms with van der Waals surface area (Å²) in [7, 11) is 0. The van der Waals surface area contributed by atoms with Gasteiger partial charge < -0.3 is 37.4 Å².